The van der Waals surface area contributed by atoms with E-state index in [1.807, 2.05) is 32.0 Å². The van der Waals surface area contributed by atoms with E-state index in [9.17, 15) is 9.59 Å². The Balaban J connectivity index is 1.41. The zero-order valence-electron chi connectivity index (χ0n) is 18.2. The number of para-hydroxylation sites is 1. The van der Waals surface area contributed by atoms with Crippen LogP contribution in [0.5, 0.6) is 0 Å². The van der Waals surface area contributed by atoms with Gasteiger partial charge in [0.25, 0.3) is 5.91 Å². The summed E-state index contributed by atoms with van der Waals surface area (Å²) >= 11 is 1.25. The smallest absolute Gasteiger partial charge is 0.253 e. The highest BCUT2D eigenvalue weighted by atomic mass is 32.2. The molecule has 2 N–H and O–H groups in total. The number of hydrogen-bond donors (Lipinski definition) is 2. The maximum Gasteiger partial charge on any atom is 0.253 e. The third-order valence-electron chi connectivity index (χ3n) is 5.71. The fourth-order valence-corrected chi connectivity index (χ4v) is 4.51. The molecular formula is C23H26N6O2S. The van der Waals surface area contributed by atoms with Crippen molar-refractivity contribution < 1.29 is 9.59 Å². The number of amides is 2. The highest BCUT2D eigenvalue weighted by molar-refractivity contribution is 7.99. The van der Waals surface area contributed by atoms with E-state index in [1.165, 1.54) is 11.8 Å². The van der Waals surface area contributed by atoms with Gasteiger partial charge in [0.1, 0.15) is 0 Å². The van der Waals surface area contributed by atoms with Crippen LogP contribution < -0.4 is 10.6 Å². The van der Waals surface area contributed by atoms with Crippen molar-refractivity contribution in [3.05, 3.63) is 59.2 Å². The van der Waals surface area contributed by atoms with Gasteiger partial charge in [0.15, 0.2) is 0 Å². The average molecular weight is 451 g/mol. The lowest BCUT2D eigenvalue weighted by molar-refractivity contribution is -0.113. The SMILES string of the molecule is Cc1cccc(-n2nnnc2SCC(=O)Nc2ccccc2C(=O)NC2CCCC2)c1C. The summed E-state index contributed by atoms with van der Waals surface area (Å²) in [4.78, 5) is 25.4. The van der Waals surface area contributed by atoms with Crippen LogP contribution in [0.4, 0.5) is 5.69 Å². The summed E-state index contributed by atoms with van der Waals surface area (Å²) in [5.41, 5.74) is 4.07. The Morgan fingerprint density at radius 1 is 1.09 bits per heavy atom. The number of benzene rings is 2. The first-order chi connectivity index (χ1) is 15.5. The number of anilines is 1. The van der Waals surface area contributed by atoms with Gasteiger partial charge < -0.3 is 10.6 Å². The van der Waals surface area contributed by atoms with Crippen LogP contribution in [0, 0.1) is 13.8 Å². The predicted octanol–water partition coefficient (Wildman–Crippen LogP) is 3.68. The number of nitrogens with zero attached hydrogens (tertiary/aromatic N) is 4. The molecule has 0 spiro atoms. The van der Waals surface area contributed by atoms with Gasteiger partial charge in [-0.1, -0.05) is 48.9 Å². The van der Waals surface area contributed by atoms with Crippen LogP contribution in [0.15, 0.2) is 47.6 Å². The van der Waals surface area contributed by atoms with Crippen LogP contribution in [0.3, 0.4) is 0 Å². The summed E-state index contributed by atoms with van der Waals surface area (Å²) in [5, 5.41) is 18.4. The first kappa shape index (κ1) is 22.0. The summed E-state index contributed by atoms with van der Waals surface area (Å²) in [6.07, 6.45) is 4.29. The molecule has 9 heteroatoms. The van der Waals surface area contributed by atoms with E-state index in [1.54, 1.807) is 28.9 Å². The lowest BCUT2D eigenvalue weighted by Gasteiger charge is -2.15. The van der Waals surface area contributed by atoms with Crippen LogP contribution in [-0.4, -0.2) is 43.8 Å². The third kappa shape index (κ3) is 4.99. The van der Waals surface area contributed by atoms with Gasteiger partial charge in [-0.25, -0.2) is 0 Å². The molecule has 0 atom stereocenters. The first-order valence-corrected chi connectivity index (χ1v) is 11.7. The van der Waals surface area contributed by atoms with Crippen molar-refractivity contribution in [1.82, 2.24) is 25.5 Å². The molecular weight excluding hydrogens is 424 g/mol. The second-order valence-corrected chi connectivity index (χ2v) is 8.87. The van der Waals surface area contributed by atoms with Crippen molar-refractivity contribution in [3.63, 3.8) is 0 Å². The van der Waals surface area contributed by atoms with E-state index < -0.39 is 0 Å². The molecule has 1 aromatic heterocycles. The number of hydrogen-bond acceptors (Lipinski definition) is 6. The number of aryl methyl sites for hydroxylation is 1. The average Bonchev–Trinajstić information content (AvgIpc) is 3.46. The molecule has 3 aromatic rings. The lowest BCUT2D eigenvalue weighted by atomic mass is 10.1. The van der Waals surface area contributed by atoms with Crippen LogP contribution in [-0.2, 0) is 4.79 Å². The standard InChI is InChI=1S/C23H26N6O2S/c1-15-8-7-13-20(16(15)2)29-23(26-27-28-29)32-14-21(30)25-19-12-6-5-11-18(19)22(31)24-17-9-3-4-10-17/h5-8,11-13,17H,3-4,9-10,14H2,1-2H3,(H,24,31)(H,25,30). The van der Waals surface area contributed by atoms with E-state index in [2.05, 4.69) is 26.2 Å². The van der Waals surface area contributed by atoms with E-state index in [0.29, 0.717) is 16.4 Å². The molecule has 2 aromatic carbocycles. The number of carbonyl (C=O) groups is 2. The summed E-state index contributed by atoms with van der Waals surface area (Å²) in [6, 6.07) is 13.2. The Hall–Kier alpha value is -3.20. The van der Waals surface area contributed by atoms with Crippen molar-refractivity contribution >= 4 is 29.3 Å². The number of nitrogens with one attached hydrogen (secondary N) is 2. The summed E-state index contributed by atoms with van der Waals surface area (Å²) < 4.78 is 1.64. The minimum atomic E-state index is -0.230. The van der Waals surface area contributed by atoms with E-state index in [4.69, 9.17) is 0 Å². The number of aromatic nitrogens is 4. The Labute approximate surface area is 191 Å². The van der Waals surface area contributed by atoms with Crippen LogP contribution in [0.1, 0.15) is 47.2 Å². The largest absolute Gasteiger partial charge is 0.349 e. The molecule has 1 aliphatic carbocycles. The number of rotatable bonds is 7. The Kier molecular flexibility index (Phi) is 6.84. The monoisotopic (exact) mass is 450 g/mol. The normalized spacial score (nSPS) is 13.8. The topological polar surface area (TPSA) is 102 Å². The summed E-state index contributed by atoms with van der Waals surface area (Å²) in [5.74, 6) is -0.268. The Morgan fingerprint density at radius 3 is 2.69 bits per heavy atom. The molecule has 0 unspecified atom stereocenters. The maximum atomic E-state index is 12.7. The highest BCUT2D eigenvalue weighted by Crippen LogP contribution is 2.23. The molecule has 1 heterocycles. The summed E-state index contributed by atoms with van der Waals surface area (Å²) in [7, 11) is 0. The quantitative estimate of drug-likeness (QED) is 0.533. The molecule has 2 amide bonds. The Morgan fingerprint density at radius 2 is 1.88 bits per heavy atom. The zero-order valence-corrected chi connectivity index (χ0v) is 19.0. The molecule has 1 saturated carbocycles. The number of thioether (sulfide) groups is 1. The van der Waals surface area contributed by atoms with Gasteiger partial charge in [0.2, 0.25) is 11.1 Å². The number of carbonyl (C=O) groups excluding carboxylic acids is 2. The second kappa shape index (κ2) is 9.95. The summed E-state index contributed by atoms with van der Waals surface area (Å²) in [6.45, 7) is 4.05. The van der Waals surface area contributed by atoms with E-state index in [0.717, 1.165) is 42.5 Å². The van der Waals surface area contributed by atoms with Crippen LogP contribution in [0.25, 0.3) is 5.69 Å². The molecule has 166 valence electrons. The Bertz CT molecular complexity index is 1120. The molecule has 0 bridgehead atoms. The first-order valence-electron chi connectivity index (χ1n) is 10.7. The molecule has 1 fully saturated rings. The van der Waals surface area contributed by atoms with Gasteiger partial charge >= 0.3 is 0 Å². The molecule has 0 saturated heterocycles. The van der Waals surface area contributed by atoms with E-state index in [-0.39, 0.29) is 23.6 Å². The van der Waals surface area contributed by atoms with Gasteiger partial charge in [-0.15, -0.1) is 5.10 Å². The highest BCUT2D eigenvalue weighted by Gasteiger charge is 2.20. The van der Waals surface area contributed by atoms with Gasteiger partial charge in [0.05, 0.1) is 22.7 Å². The number of tetrazole rings is 1. The van der Waals surface area contributed by atoms with Crippen molar-refractivity contribution in [2.45, 2.75) is 50.7 Å². The second-order valence-electron chi connectivity index (χ2n) is 7.93. The molecule has 0 aliphatic heterocycles. The van der Waals surface area contributed by atoms with Gasteiger partial charge in [0, 0.05) is 6.04 Å². The van der Waals surface area contributed by atoms with Crippen molar-refractivity contribution in [2.24, 2.45) is 0 Å². The zero-order chi connectivity index (χ0) is 22.5. The fraction of sp³-hybridized carbons (Fsp3) is 0.348. The molecule has 4 rings (SSSR count). The fourth-order valence-electron chi connectivity index (χ4n) is 3.82. The third-order valence-corrected chi connectivity index (χ3v) is 6.63. The van der Waals surface area contributed by atoms with Crippen molar-refractivity contribution in [3.8, 4) is 5.69 Å². The van der Waals surface area contributed by atoms with Gasteiger partial charge in [-0.05, 0) is 66.4 Å². The van der Waals surface area contributed by atoms with Crippen molar-refractivity contribution in [2.75, 3.05) is 11.1 Å². The molecule has 8 nitrogen and oxygen atoms in total. The molecule has 0 radical (unpaired) electrons. The molecule has 1 aliphatic rings. The minimum absolute atomic E-state index is 0.115. The maximum absolute atomic E-state index is 12.7. The van der Waals surface area contributed by atoms with Crippen molar-refractivity contribution in [1.29, 1.82) is 0 Å². The van der Waals surface area contributed by atoms with Crippen LogP contribution >= 0.6 is 11.8 Å². The lowest BCUT2D eigenvalue weighted by Crippen LogP contribution is -2.33. The van der Waals surface area contributed by atoms with E-state index >= 15 is 0 Å². The van der Waals surface area contributed by atoms with Gasteiger partial charge in [-0.2, -0.15) is 4.68 Å². The van der Waals surface area contributed by atoms with Crippen LogP contribution in [0.2, 0.25) is 0 Å². The minimum Gasteiger partial charge on any atom is -0.349 e. The predicted molar refractivity (Wildman–Crippen MR) is 124 cm³/mol. The molecule has 32 heavy (non-hydrogen) atoms. The van der Waals surface area contributed by atoms with Gasteiger partial charge in [-0.3, -0.25) is 9.59 Å².